The van der Waals surface area contributed by atoms with Crippen molar-refractivity contribution in [2.24, 2.45) is 0 Å². The molecular formula is C58H109NO8. The summed E-state index contributed by atoms with van der Waals surface area (Å²) in [6.45, 7) is 3.79. The van der Waals surface area contributed by atoms with Crippen LogP contribution in [-0.4, -0.2) is 87.5 Å². The number of nitrogens with one attached hydrogen (secondary N) is 1. The average Bonchev–Trinajstić information content (AvgIpc) is 3.33. The molecule has 1 saturated heterocycles. The number of ether oxygens (including phenoxy) is 2. The molecule has 0 spiro atoms. The van der Waals surface area contributed by atoms with Crippen LogP contribution in [0.3, 0.4) is 0 Å². The van der Waals surface area contributed by atoms with Gasteiger partial charge in [0.2, 0.25) is 5.91 Å². The molecule has 394 valence electrons. The van der Waals surface area contributed by atoms with Crippen LogP contribution in [0.25, 0.3) is 0 Å². The molecule has 0 aromatic heterocycles. The molecule has 0 aromatic carbocycles. The van der Waals surface area contributed by atoms with Crippen molar-refractivity contribution in [3.8, 4) is 0 Å². The number of rotatable bonds is 49. The quantitative estimate of drug-likeness (QED) is 0.0261. The molecule has 1 aliphatic heterocycles. The van der Waals surface area contributed by atoms with E-state index in [-0.39, 0.29) is 12.5 Å². The third-order valence-corrected chi connectivity index (χ3v) is 13.7. The van der Waals surface area contributed by atoms with Gasteiger partial charge in [-0.1, -0.05) is 256 Å². The number of amides is 1. The van der Waals surface area contributed by atoms with Crippen molar-refractivity contribution in [3.05, 3.63) is 36.5 Å². The smallest absolute Gasteiger partial charge is 0.220 e. The van der Waals surface area contributed by atoms with Crippen molar-refractivity contribution in [2.75, 3.05) is 13.2 Å². The van der Waals surface area contributed by atoms with Crippen molar-refractivity contribution in [3.63, 3.8) is 0 Å². The molecule has 0 radical (unpaired) electrons. The van der Waals surface area contributed by atoms with Crippen LogP contribution in [-0.2, 0) is 14.3 Å². The van der Waals surface area contributed by atoms with E-state index < -0.39 is 49.5 Å². The topological polar surface area (TPSA) is 149 Å². The third kappa shape index (κ3) is 37.9. The van der Waals surface area contributed by atoms with E-state index in [2.05, 4.69) is 43.5 Å². The highest BCUT2D eigenvalue weighted by Gasteiger charge is 2.44. The van der Waals surface area contributed by atoms with Gasteiger partial charge in [0.05, 0.1) is 25.4 Å². The number of carbonyl (C=O) groups is 1. The summed E-state index contributed by atoms with van der Waals surface area (Å²) >= 11 is 0. The molecule has 0 bridgehead atoms. The minimum atomic E-state index is -1.57. The molecule has 7 unspecified atom stereocenters. The van der Waals surface area contributed by atoms with E-state index in [4.69, 9.17) is 9.47 Å². The first-order valence-electron chi connectivity index (χ1n) is 28.7. The maximum atomic E-state index is 13.0. The Kier molecular flexibility index (Phi) is 45.5. The Labute approximate surface area is 412 Å². The first-order valence-corrected chi connectivity index (χ1v) is 28.7. The van der Waals surface area contributed by atoms with Crippen molar-refractivity contribution in [1.82, 2.24) is 5.32 Å². The first kappa shape index (κ1) is 63.4. The molecular weight excluding hydrogens is 839 g/mol. The summed E-state index contributed by atoms with van der Waals surface area (Å²) in [7, 11) is 0. The van der Waals surface area contributed by atoms with Gasteiger partial charge in [0.15, 0.2) is 6.29 Å². The van der Waals surface area contributed by atoms with Gasteiger partial charge >= 0.3 is 0 Å². The van der Waals surface area contributed by atoms with Gasteiger partial charge in [-0.2, -0.15) is 0 Å². The molecule has 1 amide bonds. The highest BCUT2D eigenvalue weighted by atomic mass is 16.7. The van der Waals surface area contributed by atoms with Crippen LogP contribution in [0, 0.1) is 0 Å². The number of hydrogen-bond acceptors (Lipinski definition) is 8. The molecule has 9 heteroatoms. The van der Waals surface area contributed by atoms with E-state index in [1.54, 1.807) is 6.08 Å². The van der Waals surface area contributed by atoms with E-state index in [1.165, 1.54) is 205 Å². The SMILES string of the molecule is CCCCCCCCCCCC/C=C/CC/C=C/CC/C=C/C(O)C(COC1OC(CO)C(O)C(O)C1O)NC(=O)CCCCCCCCCCCCCCCCCCCCCCCCCC. The molecule has 67 heavy (non-hydrogen) atoms. The van der Waals surface area contributed by atoms with Crippen molar-refractivity contribution in [1.29, 1.82) is 0 Å². The Morgan fingerprint density at radius 1 is 0.493 bits per heavy atom. The van der Waals surface area contributed by atoms with Gasteiger partial charge in [0.25, 0.3) is 0 Å². The zero-order valence-corrected chi connectivity index (χ0v) is 43.7. The minimum Gasteiger partial charge on any atom is -0.394 e. The lowest BCUT2D eigenvalue weighted by atomic mass is 9.99. The fourth-order valence-electron chi connectivity index (χ4n) is 9.13. The van der Waals surface area contributed by atoms with Crippen LogP contribution < -0.4 is 5.32 Å². The van der Waals surface area contributed by atoms with Crippen LogP contribution in [0.1, 0.15) is 271 Å². The zero-order valence-electron chi connectivity index (χ0n) is 43.7. The van der Waals surface area contributed by atoms with E-state index in [9.17, 15) is 30.3 Å². The van der Waals surface area contributed by atoms with Gasteiger partial charge in [-0.05, 0) is 44.9 Å². The molecule has 0 aliphatic carbocycles. The highest BCUT2D eigenvalue weighted by Crippen LogP contribution is 2.23. The van der Waals surface area contributed by atoms with Crippen molar-refractivity contribution < 1.29 is 39.8 Å². The number of unbranched alkanes of at least 4 members (excludes halogenated alkanes) is 35. The largest absolute Gasteiger partial charge is 0.394 e. The summed E-state index contributed by atoms with van der Waals surface area (Å²) in [6.07, 6.45) is 55.0. The van der Waals surface area contributed by atoms with Gasteiger partial charge < -0.3 is 40.3 Å². The molecule has 9 nitrogen and oxygen atoms in total. The summed E-state index contributed by atoms with van der Waals surface area (Å²) < 4.78 is 11.3. The van der Waals surface area contributed by atoms with E-state index >= 15 is 0 Å². The molecule has 1 heterocycles. The fraction of sp³-hybridized carbons (Fsp3) is 0.879. The second kappa shape index (κ2) is 48.1. The van der Waals surface area contributed by atoms with E-state index in [0.717, 1.165) is 44.9 Å². The maximum absolute atomic E-state index is 13.0. The number of aliphatic hydroxyl groups excluding tert-OH is 5. The van der Waals surface area contributed by atoms with Gasteiger partial charge in [0, 0.05) is 6.42 Å². The zero-order chi connectivity index (χ0) is 48.7. The predicted molar refractivity (Wildman–Crippen MR) is 281 cm³/mol. The van der Waals surface area contributed by atoms with Gasteiger partial charge in [0.1, 0.15) is 24.4 Å². The minimum absolute atomic E-state index is 0.186. The lowest BCUT2D eigenvalue weighted by Crippen LogP contribution is -2.60. The standard InChI is InChI=1S/C58H109NO8/c1-3-5-7-9-11-13-15-17-19-21-23-25-26-27-28-30-32-34-36-38-40-42-44-46-48-54(62)59-51(50-66-58-57(65)56(64)55(63)53(49-60)67-58)52(61)47-45-43-41-39-37-35-33-31-29-24-22-20-18-16-14-12-10-8-6-4-2/h29,31,37,39,45,47,51-53,55-58,60-61,63-65H,3-28,30,32-36,38,40-44,46,48-50H2,1-2H3,(H,59,62)/b31-29+,39-37+,47-45+. The highest BCUT2D eigenvalue weighted by molar-refractivity contribution is 5.76. The second-order valence-corrected chi connectivity index (χ2v) is 20.1. The van der Waals surface area contributed by atoms with Gasteiger partial charge in [-0.25, -0.2) is 0 Å². The number of hydrogen-bond donors (Lipinski definition) is 6. The summed E-state index contributed by atoms with van der Waals surface area (Å²) in [5.41, 5.74) is 0. The Morgan fingerprint density at radius 3 is 1.25 bits per heavy atom. The van der Waals surface area contributed by atoms with E-state index in [0.29, 0.717) is 6.42 Å². The van der Waals surface area contributed by atoms with Gasteiger partial charge in [-0.15, -0.1) is 0 Å². The molecule has 1 fully saturated rings. The van der Waals surface area contributed by atoms with Crippen LogP contribution in [0.4, 0.5) is 0 Å². The van der Waals surface area contributed by atoms with Crippen LogP contribution >= 0.6 is 0 Å². The first-order chi connectivity index (χ1) is 32.8. The third-order valence-electron chi connectivity index (χ3n) is 13.7. The second-order valence-electron chi connectivity index (χ2n) is 20.1. The Hall–Kier alpha value is -1.59. The lowest BCUT2D eigenvalue weighted by Gasteiger charge is -2.40. The molecule has 1 rings (SSSR count). The molecule has 7 atom stereocenters. The van der Waals surface area contributed by atoms with Crippen LogP contribution in [0.5, 0.6) is 0 Å². The van der Waals surface area contributed by atoms with Crippen LogP contribution in [0.2, 0.25) is 0 Å². The Morgan fingerprint density at radius 2 is 0.851 bits per heavy atom. The fourth-order valence-corrected chi connectivity index (χ4v) is 9.13. The molecule has 1 aliphatic rings. The summed E-state index contributed by atoms with van der Waals surface area (Å²) in [5, 5.41) is 54.5. The lowest BCUT2D eigenvalue weighted by molar-refractivity contribution is -0.302. The van der Waals surface area contributed by atoms with Crippen molar-refractivity contribution in [2.45, 2.75) is 314 Å². The predicted octanol–water partition coefficient (Wildman–Crippen LogP) is 14.0. The molecule has 0 saturated carbocycles. The van der Waals surface area contributed by atoms with Crippen molar-refractivity contribution >= 4 is 5.91 Å². The summed E-state index contributed by atoms with van der Waals surface area (Å²) in [6, 6.07) is -0.826. The average molecular weight is 949 g/mol. The van der Waals surface area contributed by atoms with Crippen LogP contribution in [0.15, 0.2) is 36.5 Å². The summed E-state index contributed by atoms with van der Waals surface area (Å²) in [4.78, 5) is 13.0. The van der Waals surface area contributed by atoms with E-state index in [1.807, 2.05) is 6.08 Å². The number of aliphatic hydroxyl groups is 5. The van der Waals surface area contributed by atoms with Gasteiger partial charge in [-0.3, -0.25) is 4.79 Å². The summed E-state index contributed by atoms with van der Waals surface area (Å²) in [5.74, 6) is -0.186. The Balaban J connectivity index is 2.25. The maximum Gasteiger partial charge on any atom is 0.220 e. The monoisotopic (exact) mass is 948 g/mol. The number of allylic oxidation sites excluding steroid dienone is 5. The molecule has 0 aromatic rings. The number of carbonyl (C=O) groups excluding carboxylic acids is 1. The molecule has 6 N–H and O–H groups in total. The normalized spacial score (nSPS) is 19.9. The Bertz CT molecular complexity index is 1150.